The zero-order chi connectivity index (χ0) is 8.48. The molecule has 0 aliphatic rings. The summed E-state index contributed by atoms with van der Waals surface area (Å²) in [6.45, 7) is 0. The molecule has 6 heteroatoms. The van der Waals surface area contributed by atoms with Gasteiger partial charge >= 0.3 is 0 Å². The molecule has 0 aromatic heterocycles. The van der Waals surface area contributed by atoms with Gasteiger partial charge < -0.3 is 0 Å². The molecule has 0 unspecified atom stereocenters. The normalized spacial score (nSPS) is 10.5. The van der Waals surface area contributed by atoms with E-state index in [9.17, 15) is 12.8 Å². The predicted octanol–water partition coefficient (Wildman–Crippen LogP) is 0.692. The van der Waals surface area contributed by atoms with Crippen LogP contribution in [0.15, 0.2) is 29.2 Å². The van der Waals surface area contributed by atoms with Crippen molar-refractivity contribution in [3.63, 3.8) is 0 Å². The fourth-order valence-corrected chi connectivity index (χ4v) is 1.22. The van der Waals surface area contributed by atoms with E-state index in [0.29, 0.717) is 0 Å². The van der Waals surface area contributed by atoms with E-state index < -0.39 is 20.8 Å². The van der Waals surface area contributed by atoms with E-state index >= 15 is 0 Å². The fourth-order valence-electron chi connectivity index (χ4n) is 0.654. The van der Waals surface area contributed by atoms with Gasteiger partial charge in [-0.05, 0) is 12.1 Å². The minimum atomic E-state index is -4.41. The predicted molar refractivity (Wildman–Crippen MR) is 42.0 cm³/mol. The number of halogens is 1. The molecule has 1 rings (SSSR count). The van der Waals surface area contributed by atoms with Crippen LogP contribution in [0.1, 0.15) is 0 Å². The molecule has 0 aliphatic carbocycles. The standard InChI is InChI=1S/C6H5FO3S.K/c7-5-3-1-2-4-6(5)11(8,9)10;/h1-4H,(H,8,9,10);. The van der Waals surface area contributed by atoms with E-state index in [2.05, 4.69) is 0 Å². The summed E-state index contributed by atoms with van der Waals surface area (Å²) in [5.74, 6) is -0.949. The Kier molecular flexibility index (Phi) is 5.08. The second-order valence-corrected chi connectivity index (χ2v) is 3.30. The molecule has 0 aliphatic heterocycles. The van der Waals surface area contributed by atoms with E-state index in [-0.39, 0.29) is 51.4 Å². The van der Waals surface area contributed by atoms with Gasteiger partial charge in [-0.3, -0.25) is 4.55 Å². The molecule has 1 aromatic carbocycles. The molecule has 0 saturated heterocycles. The topological polar surface area (TPSA) is 54.4 Å². The van der Waals surface area contributed by atoms with Crippen molar-refractivity contribution in [2.24, 2.45) is 0 Å². The third-order valence-electron chi connectivity index (χ3n) is 1.11. The molecule has 0 amide bonds. The molecular weight excluding hydrogens is 210 g/mol. The summed E-state index contributed by atoms with van der Waals surface area (Å²) in [4.78, 5) is -0.694. The molecule has 1 radical (unpaired) electrons. The molecule has 0 bridgehead atoms. The summed E-state index contributed by atoms with van der Waals surface area (Å²) in [6.07, 6.45) is 0. The Morgan fingerprint density at radius 1 is 1.25 bits per heavy atom. The SMILES string of the molecule is O=S(=O)(O)c1ccccc1F.[K]. The quantitative estimate of drug-likeness (QED) is 0.554. The number of hydrogen-bond acceptors (Lipinski definition) is 2. The maximum atomic E-state index is 12.5. The first-order valence-corrected chi connectivity index (χ1v) is 4.18. The molecule has 0 fully saturated rings. The Bertz CT molecular complexity index is 363. The maximum absolute atomic E-state index is 12.5. The van der Waals surface area contributed by atoms with Crippen LogP contribution in [0.4, 0.5) is 4.39 Å². The van der Waals surface area contributed by atoms with Crippen molar-refractivity contribution < 1.29 is 17.4 Å². The van der Waals surface area contributed by atoms with Crippen molar-refractivity contribution >= 4 is 61.5 Å². The zero-order valence-corrected chi connectivity index (χ0v) is 10.3. The molecule has 3 nitrogen and oxygen atoms in total. The zero-order valence-electron chi connectivity index (χ0n) is 6.36. The second-order valence-electron chi connectivity index (χ2n) is 1.91. The van der Waals surface area contributed by atoms with Crippen LogP contribution in [0.25, 0.3) is 0 Å². The molecule has 0 spiro atoms. The Balaban J connectivity index is 0.00000121. The largest absolute Gasteiger partial charge is 0.297 e. The molecule has 0 atom stereocenters. The van der Waals surface area contributed by atoms with Gasteiger partial charge in [0.15, 0.2) is 0 Å². The molecule has 61 valence electrons. The first-order valence-electron chi connectivity index (χ1n) is 2.74. The van der Waals surface area contributed by atoms with Gasteiger partial charge in [-0.1, -0.05) is 12.1 Å². The van der Waals surface area contributed by atoms with E-state index in [4.69, 9.17) is 4.55 Å². The van der Waals surface area contributed by atoms with Crippen LogP contribution in [-0.4, -0.2) is 64.4 Å². The first-order chi connectivity index (χ1) is 5.02. The Hall–Kier alpha value is 0.696. The fraction of sp³-hybridized carbons (Fsp3) is 0. The molecule has 0 heterocycles. The Morgan fingerprint density at radius 2 is 1.75 bits per heavy atom. The molecule has 12 heavy (non-hydrogen) atoms. The number of hydrogen-bond donors (Lipinski definition) is 1. The number of rotatable bonds is 1. The van der Waals surface area contributed by atoms with Gasteiger partial charge in [-0.25, -0.2) is 4.39 Å². The van der Waals surface area contributed by atoms with Crippen molar-refractivity contribution in [2.75, 3.05) is 0 Å². The van der Waals surface area contributed by atoms with Gasteiger partial charge in [0.2, 0.25) is 0 Å². The van der Waals surface area contributed by atoms with E-state index in [0.717, 1.165) is 12.1 Å². The van der Waals surface area contributed by atoms with Crippen molar-refractivity contribution in [3.05, 3.63) is 30.1 Å². The van der Waals surface area contributed by atoms with Gasteiger partial charge in [0, 0.05) is 51.4 Å². The third-order valence-corrected chi connectivity index (χ3v) is 2.00. The van der Waals surface area contributed by atoms with Crippen molar-refractivity contribution in [2.45, 2.75) is 4.90 Å². The van der Waals surface area contributed by atoms with E-state index in [1.807, 2.05) is 0 Å². The molecule has 0 saturated carbocycles. The molecule has 1 aromatic rings. The van der Waals surface area contributed by atoms with Gasteiger partial charge in [-0.2, -0.15) is 8.42 Å². The molecular formula is C6H5FKO3S. The van der Waals surface area contributed by atoms with E-state index in [1.165, 1.54) is 12.1 Å². The van der Waals surface area contributed by atoms with Gasteiger partial charge in [-0.15, -0.1) is 0 Å². The van der Waals surface area contributed by atoms with Crippen molar-refractivity contribution in [1.29, 1.82) is 0 Å². The summed E-state index contributed by atoms with van der Waals surface area (Å²) in [5, 5.41) is 0. The third kappa shape index (κ3) is 3.21. The monoisotopic (exact) mass is 215 g/mol. The average Bonchev–Trinajstić information content (AvgIpc) is 1.86. The summed E-state index contributed by atoms with van der Waals surface area (Å²) in [5.41, 5.74) is 0. The van der Waals surface area contributed by atoms with Crippen LogP contribution in [-0.2, 0) is 10.1 Å². The minimum absolute atomic E-state index is 0. The number of benzene rings is 1. The van der Waals surface area contributed by atoms with Crippen LogP contribution in [0.2, 0.25) is 0 Å². The Labute approximate surface area is 112 Å². The summed E-state index contributed by atoms with van der Waals surface area (Å²) in [6, 6.07) is 4.62. The smallest absolute Gasteiger partial charge is 0.282 e. The first kappa shape index (κ1) is 12.7. The van der Waals surface area contributed by atoms with Crippen LogP contribution >= 0.6 is 0 Å². The van der Waals surface area contributed by atoms with Crippen molar-refractivity contribution in [1.82, 2.24) is 0 Å². The summed E-state index contributed by atoms with van der Waals surface area (Å²) < 4.78 is 41.7. The Morgan fingerprint density at radius 3 is 2.08 bits per heavy atom. The average molecular weight is 215 g/mol. The van der Waals surface area contributed by atoms with Gasteiger partial charge in [0.25, 0.3) is 10.1 Å². The summed E-state index contributed by atoms with van der Waals surface area (Å²) >= 11 is 0. The van der Waals surface area contributed by atoms with E-state index in [1.54, 1.807) is 0 Å². The van der Waals surface area contributed by atoms with Crippen LogP contribution in [0, 0.1) is 5.82 Å². The molecule has 1 N–H and O–H groups in total. The summed E-state index contributed by atoms with van der Waals surface area (Å²) in [7, 11) is -4.41. The second kappa shape index (κ2) is 4.80. The van der Waals surface area contributed by atoms with Crippen LogP contribution < -0.4 is 0 Å². The van der Waals surface area contributed by atoms with Crippen LogP contribution in [0.5, 0.6) is 0 Å². The van der Waals surface area contributed by atoms with Crippen LogP contribution in [0.3, 0.4) is 0 Å². The maximum Gasteiger partial charge on any atom is 0.297 e. The van der Waals surface area contributed by atoms with Crippen molar-refractivity contribution in [3.8, 4) is 0 Å². The van der Waals surface area contributed by atoms with Gasteiger partial charge in [0.05, 0.1) is 0 Å². The minimum Gasteiger partial charge on any atom is -0.282 e. The van der Waals surface area contributed by atoms with Gasteiger partial charge in [0.1, 0.15) is 10.7 Å².